The second-order valence-electron chi connectivity index (χ2n) is 9.44. The highest BCUT2D eigenvalue weighted by Crippen LogP contribution is 2.34. The van der Waals surface area contributed by atoms with Crippen LogP contribution in [0, 0.1) is 6.92 Å². The minimum Gasteiger partial charge on any atom is -0.504 e. The van der Waals surface area contributed by atoms with E-state index < -0.39 is 17.8 Å². The Balaban J connectivity index is 1.35. The van der Waals surface area contributed by atoms with Gasteiger partial charge in [-0.3, -0.25) is 10.00 Å². The lowest BCUT2D eigenvalue weighted by atomic mass is 10.1. The van der Waals surface area contributed by atoms with E-state index in [1.165, 1.54) is 28.9 Å². The molecule has 0 aliphatic rings. The summed E-state index contributed by atoms with van der Waals surface area (Å²) in [5, 5.41) is 28.9. The molecule has 0 aliphatic carbocycles. The van der Waals surface area contributed by atoms with Gasteiger partial charge < -0.3 is 20.3 Å². The van der Waals surface area contributed by atoms with Gasteiger partial charge in [0, 0.05) is 17.1 Å². The van der Waals surface area contributed by atoms with Gasteiger partial charge in [-0.1, -0.05) is 36.4 Å². The van der Waals surface area contributed by atoms with Crippen molar-refractivity contribution >= 4 is 28.4 Å². The number of hydrogen-bond donors (Lipinski definition) is 4. The molecule has 1 aromatic heterocycles. The molecule has 5 rings (SSSR count). The van der Waals surface area contributed by atoms with Gasteiger partial charge in [-0.2, -0.15) is 18.3 Å². The van der Waals surface area contributed by atoms with Crippen molar-refractivity contribution in [2.24, 2.45) is 0 Å². The third kappa shape index (κ3) is 6.52. The van der Waals surface area contributed by atoms with Crippen LogP contribution in [0.5, 0.6) is 17.2 Å². The first-order valence-electron chi connectivity index (χ1n) is 12.5. The fraction of sp³-hybridized carbons (Fsp3) is 0.133. The third-order valence-electron chi connectivity index (χ3n) is 6.29. The summed E-state index contributed by atoms with van der Waals surface area (Å²) in [4.78, 5) is 12.7. The molecule has 41 heavy (non-hydrogen) atoms. The number of alkyl halides is 3. The van der Waals surface area contributed by atoms with E-state index in [2.05, 4.69) is 15.7 Å². The van der Waals surface area contributed by atoms with Crippen molar-refractivity contribution in [3.05, 3.63) is 107 Å². The lowest BCUT2D eigenvalue weighted by Crippen LogP contribution is -2.20. The molecule has 0 bridgehead atoms. The summed E-state index contributed by atoms with van der Waals surface area (Å²) >= 11 is 0. The monoisotopic (exact) mass is 562 g/mol. The van der Waals surface area contributed by atoms with Crippen LogP contribution in [0.3, 0.4) is 0 Å². The number of phenols is 2. The van der Waals surface area contributed by atoms with E-state index in [1.807, 2.05) is 37.3 Å². The number of nitrogens with zero attached hydrogens (tertiary/aromatic N) is 2. The number of benzene rings is 4. The molecule has 0 radical (unpaired) electrons. The zero-order chi connectivity index (χ0) is 29.1. The van der Waals surface area contributed by atoms with Crippen LogP contribution in [0.2, 0.25) is 0 Å². The van der Waals surface area contributed by atoms with Gasteiger partial charge in [-0.15, -0.1) is 0 Å². The number of carbonyl (C=O) groups is 1. The number of rotatable bonds is 7. The van der Waals surface area contributed by atoms with Crippen molar-refractivity contribution in [1.29, 1.82) is 0 Å². The number of fused-ring (bicyclic) bond motifs is 1. The van der Waals surface area contributed by atoms with E-state index in [0.29, 0.717) is 17.0 Å². The molecule has 2 amide bonds. The van der Waals surface area contributed by atoms with Crippen LogP contribution in [0.1, 0.15) is 22.3 Å². The Morgan fingerprint density at radius 1 is 0.902 bits per heavy atom. The molecule has 0 atom stereocenters. The zero-order valence-corrected chi connectivity index (χ0v) is 21.7. The molecule has 4 N–H and O–H groups in total. The predicted octanol–water partition coefficient (Wildman–Crippen LogP) is 7.05. The Morgan fingerprint density at radius 3 is 2.37 bits per heavy atom. The number of halogens is 3. The highest BCUT2D eigenvalue weighted by molar-refractivity contribution is 6.04. The maximum atomic E-state index is 13.5. The molecular formula is C30H25F3N4O4. The Kier molecular flexibility index (Phi) is 7.43. The number of anilines is 2. The number of aromatic hydroxyl groups is 2. The molecular weight excluding hydrogens is 537 g/mol. The van der Waals surface area contributed by atoms with Gasteiger partial charge in [0.15, 0.2) is 17.3 Å². The highest BCUT2D eigenvalue weighted by Gasteiger charge is 2.31. The number of aromatic nitrogens is 2. The maximum absolute atomic E-state index is 13.5. The van der Waals surface area contributed by atoms with Crippen LogP contribution in [-0.4, -0.2) is 26.0 Å². The van der Waals surface area contributed by atoms with Crippen molar-refractivity contribution in [1.82, 2.24) is 9.78 Å². The van der Waals surface area contributed by atoms with Crippen molar-refractivity contribution in [2.45, 2.75) is 26.3 Å². The third-order valence-corrected chi connectivity index (χ3v) is 6.29. The number of amides is 2. The maximum Gasteiger partial charge on any atom is 0.416 e. The van der Waals surface area contributed by atoms with Gasteiger partial charge in [0.1, 0.15) is 12.4 Å². The number of nitrogens with one attached hydrogen (secondary N) is 2. The topological polar surface area (TPSA) is 109 Å². The summed E-state index contributed by atoms with van der Waals surface area (Å²) < 4.78 is 47.6. The molecule has 11 heteroatoms. The minimum atomic E-state index is -4.56. The number of phenolic OH excluding ortho intramolecular Hbond substituents is 2. The van der Waals surface area contributed by atoms with E-state index in [-0.39, 0.29) is 35.9 Å². The first-order chi connectivity index (χ1) is 19.5. The average molecular weight is 563 g/mol. The fourth-order valence-corrected chi connectivity index (χ4v) is 4.23. The molecule has 0 aliphatic heterocycles. The Morgan fingerprint density at radius 2 is 1.66 bits per heavy atom. The normalized spacial score (nSPS) is 11.4. The summed E-state index contributed by atoms with van der Waals surface area (Å²) in [6.45, 7) is 2.31. The highest BCUT2D eigenvalue weighted by atomic mass is 19.4. The average Bonchev–Trinajstić information content (AvgIpc) is 3.25. The molecule has 4 aromatic carbocycles. The molecule has 1 heterocycles. The summed E-state index contributed by atoms with van der Waals surface area (Å²) in [5.74, 6) is -0.142. The molecule has 0 saturated heterocycles. The van der Waals surface area contributed by atoms with Crippen molar-refractivity contribution in [2.75, 3.05) is 10.6 Å². The van der Waals surface area contributed by atoms with E-state index in [4.69, 9.17) is 4.74 Å². The summed E-state index contributed by atoms with van der Waals surface area (Å²) in [5.41, 5.74) is 2.69. The van der Waals surface area contributed by atoms with Crippen molar-refractivity contribution < 1.29 is 32.9 Å². The second kappa shape index (κ2) is 11.1. The second-order valence-corrected chi connectivity index (χ2v) is 9.44. The van der Waals surface area contributed by atoms with E-state index in [0.717, 1.165) is 28.8 Å². The quantitative estimate of drug-likeness (QED) is 0.159. The molecule has 210 valence electrons. The number of aryl methyl sites for hydroxylation is 1. The molecule has 0 fully saturated rings. The first-order valence-corrected chi connectivity index (χ1v) is 12.5. The lowest BCUT2D eigenvalue weighted by molar-refractivity contribution is -0.137. The predicted molar refractivity (Wildman–Crippen MR) is 148 cm³/mol. The van der Waals surface area contributed by atoms with Crippen LogP contribution < -0.4 is 15.4 Å². The lowest BCUT2D eigenvalue weighted by Gasteiger charge is -2.09. The number of hydrogen-bond acceptors (Lipinski definition) is 5. The van der Waals surface area contributed by atoms with Crippen LogP contribution in [-0.2, 0) is 19.3 Å². The van der Waals surface area contributed by atoms with Gasteiger partial charge in [0.2, 0.25) is 0 Å². The molecule has 0 saturated carbocycles. The van der Waals surface area contributed by atoms with E-state index >= 15 is 0 Å². The minimum absolute atomic E-state index is 0.00146. The number of carbonyl (C=O) groups excluding carboxylic acids is 1. The van der Waals surface area contributed by atoms with Crippen LogP contribution in [0.4, 0.5) is 29.5 Å². The molecule has 0 spiro atoms. The Bertz CT molecular complexity index is 1720. The van der Waals surface area contributed by atoms with Gasteiger partial charge in [-0.25, -0.2) is 4.79 Å². The van der Waals surface area contributed by atoms with E-state index in [9.17, 15) is 28.2 Å². The Labute approximate surface area is 232 Å². The van der Waals surface area contributed by atoms with Gasteiger partial charge in [0.25, 0.3) is 0 Å². The van der Waals surface area contributed by atoms with Crippen LogP contribution in [0.25, 0.3) is 10.9 Å². The molecule has 5 aromatic rings. The summed E-state index contributed by atoms with van der Waals surface area (Å²) in [6.07, 6.45) is -4.56. The summed E-state index contributed by atoms with van der Waals surface area (Å²) in [6, 6.07) is 21.3. The Hall–Kier alpha value is -5.19. The van der Waals surface area contributed by atoms with E-state index in [1.54, 1.807) is 18.2 Å². The first kappa shape index (κ1) is 27.4. The summed E-state index contributed by atoms with van der Waals surface area (Å²) in [7, 11) is 0. The van der Waals surface area contributed by atoms with Crippen LogP contribution in [0.15, 0.2) is 84.9 Å². The van der Waals surface area contributed by atoms with Crippen molar-refractivity contribution in [3.8, 4) is 17.2 Å². The SMILES string of the molecule is Cc1cccc(NC(=O)Nc2nn(Cc3ccc(COc4ccc(O)c(O)c4)cc3)c3ccc(C(F)(F)F)cc23)c1. The standard InChI is InChI=1S/C30H25F3N4O4/c1-18-3-2-4-22(13-18)34-29(40)35-28-24-14-21(30(31,32)33)9-11-25(24)37(36-28)16-19-5-7-20(8-6-19)17-41-23-10-12-26(38)27(39)15-23/h2-15,38-39H,16-17H2,1H3,(H2,34,35,36,40). The largest absolute Gasteiger partial charge is 0.504 e. The number of ether oxygens (including phenoxy) is 1. The fourth-order valence-electron chi connectivity index (χ4n) is 4.23. The molecule has 0 unspecified atom stereocenters. The van der Waals surface area contributed by atoms with Gasteiger partial charge >= 0.3 is 12.2 Å². The van der Waals surface area contributed by atoms with Gasteiger partial charge in [-0.05, 0) is 66.1 Å². The van der Waals surface area contributed by atoms with Gasteiger partial charge in [0.05, 0.1) is 17.6 Å². The number of urea groups is 1. The zero-order valence-electron chi connectivity index (χ0n) is 21.7. The molecule has 8 nitrogen and oxygen atoms in total. The van der Waals surface area contributed by atoms with Crippen LogP contribution >= 0.6 is 0 Å². The van der Waals surface area contributed by atoms with Crippen molar-refractivity contribution in [3.63, 3.8) is 0 Å². The smallest absolute Gasteiger partial charge is 0.416 e.